The summed E-state index contributed by atoms with van der Waals surface area (Å²) in [5.41, 5.74) is 4.77. The zero-order valence-corrected chi connectivity index (χ0v) is 37.0. The first-order valence-corrected chi connectivity index (χ1v) is 26.3. The second-order valence-corrected chi connectivity index (χ2v) is 20.3. The van der Waals surface area contributed by atoms with Gasteiger partial charge in [-0.15, -0.1) is 0 Å². The van der Waals surface area contributed by atoms with Crippen LogP contribution in [0.5, 0.6) is 0 Å². The van der Waals surface area contributed by atoms with Gasteiger partial charge in [0.1, 0.15) is 0 Å². The summed E-state index contributed by atoms with van der Waals surface area (Å²) in [5.74, 6) is 0. The zero-order valence-electron chi connectivity index (χ0n) is 36.0. The Bertz CT molecular complexity index is 1120. The highest BCUT2D eigenvalue weighted by Crippen LogP contribution is 2.37. The van der Waals surface area contributed by atoms with E-state index in [0.29, 0.717) is 0 Å². The van der Waals surface area contributed by atoms with Crippen molar-refractivity contribution in [3.8, 4) is 11.1 Å². The first-order chi connectivity index (χ1) is 26.3. The fourth-order valence-electron chi connectivity index (χ4n) is 9.29. The number of hydrogen-bond acceptors (Lipinski definition) is 0. The topological polar surface area (TPSA) is 0 Å². The van der Waals surface area contributed by atoms with Gasteiger partial charge in [0.2, 0.25) is 0 Å². The van der Waals surface area contributed by atoms with Crippen LogP contribution in [0.1, 0.15) is 261 Å². The third kappa shape index (κ3) is 21.6. The van der Waals surface area contributed by atoms with Crippen LogP contribution < -0.4 is 0 Å². The molecule has 3 rings (SSSR count). The molecule has 1 aliphatic carbocycles. The maximum atomic E-state index is 2.61. The SMILES string of the molecule is CCCCCCCCCCCCCCCCCCCCc1ccc2c([si]1CCCCCCCCCCCCCCCCCCCC)Cc1ccccc1-2. The average molecular weight is 743 g/mol. The molecule has 1 aromatic heterocycles. The van der Waals surface area contributed by atoms with Gasteiger partial charge < -0.3 is 0 Å². The zero-order chi connectivity index (χ0) is 37.3. The number of rotatable bonds is 38. The van der Waals surface area contributed by atoms with Gasteiger partial charge in [-0.05, 0) is 42.0 Å². The fraction of sp³-hybridized carbons (Fsp3) is 0.788. The van der Waals surface area contributed by atoms with Gasteiger partial charge in [0.05, 0.1) is 0 Å². The van der Waals surface area contributed by atoms with Crippen LogP contribution in [0.3, 0.4) is 0 Å². The first kappa shape index (κ1) is 46.2. The number of fused-ring (bicyclic) bond motifs is 3. The molecular formula is C52H90Si. The van der Waals surface area contributed by atoms with Gasteiger partial charge in [-0.2, -0.15) is 0 Å². The van der Waals surface area contributed by atoms with Crippen LogP contribution in [0.4, 0.5) is 0 Å². The Morgan fingerprint density at radius 3 is 1.13 bits per heavy atom. The molecule has 0 atom stereocenters. The Morgan fingerprint density at radius 2 is 0.717 bits per heavy atom. The highest BCUT2D eigenvalue weighted by atomic mass is 28.2. The molecule has 1 heteroatoms. The van der Waals surface area contributed by atoms with Crippen molar-refractivity contribution in [2.75, 3.05) is 0 Å². The summed E-state index contributed by atoms with van der Waals surface area (Å²) in [5, 5.41) is 3.73. The second kappa shape index (κ2) is 33.0. The van der Waals surface area contributed by atoms with Crippen molar-refractivity contribution in [2.24, 2.45) is 0 Å². The Labute approximate surface area is 334 Å². The van der Waals surface area contributed by atoms with Gasteiger partial charge in [0, 0.05) is 8.40 Å². The van der Waals surface area contributed by atoms with E-state index in [2.05, 4.69) is 50.2 Å². The third-order valence-electron chi connectivity index (χ3n) is 12.8. The van der Waals surface area contributed by atoms with Gasteiger partial charge in [0.15, 0.2) is 0 Å². The predicted octanol–water partition coefficient (Wildman–Crippen LogP) is 17.9. The smallest absolute Gasteiger partial charge is 0.0451 e. The van der Waals surface area contributed by atoms with Crippen LogP contribution in [-0.2, 0) is 18.9 Å². The van der Waals surface area contributed by atoms with Crippen molar-refractivity contribution in [2.45, 2.75) is 264 Å². The second-order valence-electron chi connectivity index (χ2n) is 17.6. The Morgan fingerprint density at radius 1 is 0.358 bits per heavy atom. The molecule has 0 fully saturated rings. The minimum absolute atomic E-state index is 0.562. The molecule has 2 aromatic rings. The van der Waals surface area contributed by atoms with Gasteiger partial charge in [-0.3, -0.25) is 0 Å². The molecule has 1 heterocycles. The summed E-state index contributed by atoms with van der Waals surface area (Å²) in [6.07, 6.45) is 55.3. The third-order valence-corrected chi connectivity index (χ3v) is 16.0. The molecular weight excluding hydrogens is 653 g/mol. The van der Waals surface area contributed by atoms with E-state index in [9.17, 15) is 0 Å². The lowest BCUT2D eigenvalue weighted by molar-refractivity contribution is 0.525. The largest absolute Gasteiger partial charge is 0.0654 e. The monoisotopic (exact) mass is 743 g/mol. The van der Waals surface area contributed by atoms with E-state index in [-0.39, 0.29) is 0 Å². The number of benzene rings is 1. The summed E-state index contributed by atoms with van der Waals surface area (Å²) in [6, 6.07) is 15.9. The van der Waals surface area contributed by atoms with Crippen molar-refractivity contribution in [1.29, 1.82) is 0 Å². The van der Waals surface area contributed by atoms with Gasteiger partial charge >= 0.3 is 0 Å². The lowest BCUT2D eigenvalue weighted by Gasteiger charge is -2.15. The van der Waals surface area contributed by atoms with Crippen molar-refractivity contribution in [3.05, 3.63) is 52.3 Å². The molecule has 0 nitrogen and oxygen atoms in total. The van der Waals surface area contributed by atoms with E-state index in [0.717, 1.165) is 0 Å². The lowest BCUT2D eigenvalue weighted by Crippen LogP contribution is -2.14. The van der Waals surface area contributed by atoms with Crippen molar-refractivity contribution < 1.29 is 0 Å². The molecule has 53 heavy (non-hydrogen) atoms. The van der Waals surface area contributed by atoms with E-state index >= 15 is 0 Å². The minimum atomic E-state index is -0.562. The maximum Gasteiger partial charge on any atom is 0.0451 e. The van der Waals surface area contributed by atoms with Crippen LogP contribution >= 0.6 is 0 Å². The van der Waals surface area contributed by atoms with E-state index in [1.807, 2.05) is 10.3 Å². The Balaban J connectivity index is 1.21. The van der Waals surface area contributed by atoms with Crippen LogP contribution in [0.2, 0.25) is 0 Å². The van der Waals surface area contributed by atoms with Crippen molar-refractivity contribution in [1.82, 2.24) is 0 Å². The number of unbranched alkanes of at least 4 members (excludes halogenated alkanes) is 34. The van der Waals surface area contributed by atoms with Crippen molar-refractivity contribution >= 4 is 8.40 Å². The van der Waals surface area contributed by atoms with Crippen LogP contribution in [0, 0.1) is 0 Å². The summed E-state index contributed by atoms with van der Waals surface area (Å²) >= 11 is 0. The molecule has 302 valence electrons. The molecule has 0 saturated carbocycles. The Kier molecular flexibility index (Phi) is 28.7. The summed E-state index contributed by atoms with van der Waals surface area (Å²) in [4.78, 5) is 0. The number of hydrogen-bond donors (Lipinski definition) is 0. The molecule has 0 bridgehead atoms. The predicted molar refractivity (Wildman–Crippen MR) is 242 cm³/mol. The summed E-state index contributed by atoms with van der Waals surface area (Å²) < 4.78 is 0. The van der Waals surface area contributed by atoms with Gasteiger partial charge in [-0.25, -0.2) is 0 Å². The molecule has 1 aromatic carbocycles. The van der Waals surface area contributed by atoms with Gasteiger partial charge in [-0.1, -0.05) is 285 Å². The van der Waals surface area contributed by atoms with E-state index < -0.39 is 8.40 Å². The molecule has 0 radical (unpaired) electrons. The van der Waals surface area contributed by atoms with E-state index in [1.165, 1.54) is 250 Å². The molecule has 0 N–H and O–H groups in total. The van der Waals surface area contributed by atoms with E-state index in [1.54, 1.807) is 16.7 Å². The van der Waals surface area contributed by atoms with Crippen molar-refractivity contribution in [3.63, 3.8) is 0 Å². The van der Waals surface area contributed by atoms with E-state index in [4.69, 9.17) is 0 Å². The number of aryl methyl sites for hydroxylation is 1. The highest BCUT2D eigenvalue weighted by molar-refractivity contribution is 6.56. The molecule has 1 aliphatic rings. The Hall–Kier alpha value is -1.21. The molecule has 0 spiro atoms. The molecule has 0 unspecified atom stereocenters. The standard InChI is InChI=1S/C52H90Si/c1-3-5-7-9-11-13-15-17-19-21-23-25-27-29-31-33-35-37-42-49-44-45-51-50-43-39-38-41-48(50)47-52(51)53(49)46-40-36-34-32-30-28-26-24-22-20-18-16-14-12-10-8-6-4-2/h38-39,41,43-45H,3-37,40,42,46-47H2,1-2H3. The first-order valence-electron chi connectivity index (χ1n) is 24.6. The lowest BCUT2D eigenvalue weighted by atomic mass is 10.0. The van der Waals surface area contributed by atoms with Gasteiger partial charge in [0.25, 0.3) is 0 Å². The highest BCUT2D eigenvalue weighted by Gasteiger charge is 2.22. The summed E-state index contributed by atoms with van der Waals surface area (Å²) in [7, 11) is -0.562. The van der Waals surface area contributed by atoms with Crippen LogP contribution in [-0.4, -0.2) is 8.40 Å². The van der Waals surface area contributed by atoms with Crippen LogP contribution in [0.25, 0.3) is 11.1 Å². The normalized spacial score (nSPS) is 12.1. The van der Waals surface area contributed by atoms with Crippen LogP contribution in [0.15, 0.2) is 36.4 Å². The minimum Gasteiger partial charge on any atom is -0.0654 e. The maximum absolute atomic E-state index is 2.61. The molecule has 0 amide bonds. The molecule has 0 saturated heterocycles. The molecule has 0 aliphatic heterocycles. The fourth-order valence-corrected chi connectivity index (χ4v) is 12.6. The average Bonchev–Trinajstić information content (AvgIpc) is 3.56. The summed E-state index contributed by atoms with van der Waals surface area (Å²) in [6.45, 7) is 4.63. The quantitative estimate of drug-likeness (QED) is 0.0405.